The molecule has 3 rings (SSSR count). The fourth-order valence-electron chi connectivity index (χ4n) is 2.47. The summed E-state index contributed by atoms with van der Waals surface area (Å²) in [4.78, 5) is 12.0. The molecule has 1 aromatic heterocycles. The number of thioether (sulfide) groups is 1. The van der Waals surface area contributed by atoms with E-state index in [1.54, 1.807) is 24.3 Å². The maximum atomic E-state index is 14.2. The molecule has 0 saturated heterocycles. The van der Waals surface area contributed by atoms with E-state index in [9.17, 15) is 17.6 Å². The van der Waals surface area contributed by atoms with Gasteiger partial charge in [0.25, 0.3) is 10.0 Å². The van der Waals surface area contributed by atoms with Crippen molar-refractivity contribution in [3.63, 3.8) is 0 Å². The normalized spacial score (nSPS) is 11.4. The smallest absolute Gasteiger partial charge is 0.268 e. The quantitative estimate of drug-likeness (QED) is 0.498. The molecule has 25 heavy (non-hydrogen) atoms. The van der Waals surface area contributed by atoms with E-state index in [1.165, 1.54) is 48.3 Å². The highest BCUT2D eigenvalue weighted by molar-refractivity contribution is 7.98. The Morgan fingerprint density at radius 1 is 1.08 bits per heavy atom. The molecule has 0 bridgehead atoms. The van der Waals surface area contributed by atoms with Crippen LogP contribution in [-0.4, -0.2) is 24.9 Å². The van der Waals surface area contributed by atoms with Gasteiger partial charge in [-0.05, 0) is 42.7 Å². The average Bonchev–Trinajstić information content (AvgIpc) is 3.07. The maximum absolute atomic E-state index is 14.2. The number of nitrogens with zero attached hydrogens (tertiary/aromatic N) is 1. The minimum Gasteiger partial charge on any atom is -0.298 e. The Kier molecular flexibility index (Phi) is 4.78. The van der Waals surface area contributed by atoms with Crippen LogP contribution in [0.25, 0.3) is 11.3 Å². The summed E-state index contributed by atoms with van der Waals surface area (Å²) in [5, 5.41) is 0. The Bertz CT molecular complexity index is 1040. The molecule has 0 aliphatic heterocycles. The molecule has 128 valence electrons. The molecule has 4 nitrogen and oxygen atoms in total. The molecule has 0 N–H and O–H groups in total. The second-order valence-electron chi connectivity index (χ2n) is 5.24. The van der Waals surface area contributed by atoms with Crippen LogP contribution in [0, 0.1) is 5.82 Å². The molecule has 0 aliphatic carbocycles. The predicted octanol–water partition coefficient (Wildman–Crippen LogP) is 4.07. The summed E-state index contributed by atoms with van der Waals surface area (Å²) in [5.74, 6) is -0.563. The topological polar surface area (TPSA) is 56.1 Å². The zero-order chi connectivity index (χ0) is 18.0. The Morgan fingerprint density at radius 3 is 2.52 bits per heavy atom. The first-order valence-electron chi connectivity index (χ1n) is 7.29. The lowest BCUT2D eigenvalue weighted by Crippen LogP contribution is -2.13. The van der Waals surface area contributed by atoms with Gasteiger partial charge in [0.2, 0.25) is 0 Å². The van der Waals surface area contributed by atoms with E-state index in [2.05, 4.69) is 0 Å². The van der Waals surface area contributed by atoms with Crippen molar-refractivity contribution in [2.24, 2.45) is 0 Å². The SMILES string of the molecule is CSc1cccc(S(=O)(=O)n2cc(C=O)cc2-c2ccccc2F)c1. The number of benzene rings is 2. The minimum atomic E-state index is -3.98. The molecule has 0 radical (unpaired) electrons. The van der Waals surface area contributed by atoms with Crippen molar-refractivity contribution in [1.82, 2.24) is 3.97 Å². The van der Waals surface area contributed by atoms with Crippen LogP contribution < -0.4 is 0 Å². The number of rotatable bonds is 5. The van der Waals surface area contributed by atoms with Crippen molar-refractivity contribution in [2.45, 2.75) is 9.79 Å². The van der Waals surface area contributed by atoms with Crippen LogP contribution in [0.2, 0.25) is 0 Å². The molecular formula is C18H14FNO3S2. The number of aromatic nitrogens is 1. The van der Waals surface area contributed by atoms with E-state index < -0.39 is 15.8 Å². The van der Waals surface area contributed by atoms with Gasteiger partial charge in [-0.3, -0.25) is 4.79 Å². The molecule has 1 heterocycles. The van der Waals surface area contributed by atoms with Crippen molar-refractivity contribution >= 4 is 28.1 Å². The first kappa shape index (κ1) is 17.4. The monoisotopic (exact) mass is 375 g/mol. The van der Waals surface area contributed by atoms with Gasteiger partial charge in [0.15, 0.2) is 6.29 Å². The van der Waals surface area contributed by atoms with Crippen molar-refractivity contribution in [3.8, 4) is 11.3 Å². The van der Waals surface area contributed by atoms with Crippen molar-refractivity contribution in [2.75, 3.05) is 6.26 Å². The zero-order valence-electron chi connectivity index (χ0n) is 13.2. The first-order chi connectivity index (χ1) is 12.0. The fraction of sp³-hybridized carbons (Fsp3) is 0.0556. The second kappa shape index (κ2) is 6.85. The minimum absolute atomic E-state index is 0.0741. The molecular weight excluding hydrogens is 361 g/mol. The van der Waals surface area contributed by atoms with Crippen LogP contribution in [-0.2, 0) is 10.0 Å². The molecule has 0 saturated carbocycles. The number of aldehydes is 1. The van der Waals surface area contributed by atoms with Gasteiger partial charge in [0.1, 0.15) is 5.82 Å². The van der Waals surface area contributed by atoms with Gasteiger partial charge in [-0.25, -0.2) is 16.8 Å². The highest BCUT2D eigenvalue weighted by Gasteiger charge is 2.23. The summed E-state index contributed by atoms with van der Waals surface area (Å²) in [7, 11) is -3.98. The Balaban J connectivity index is 2.24. The van der Waals surface area contributed by atoms with Gasteiger partial charge in [0.05, 0.1) is 10.6 Å². The molecule has 0 fully saturated rings. The fourth-order valence-corrected chi connectivity index (χ4v) is 4.43. The third-order valence-corrected chi connectivity index (χ3v) is 6.09. The molecule has 3 aromatic rings. The Hall–Kier alpha value is -2.38. The van der Waals surface area contributed by atoms with Gasteiger partial charge in [0, 0.05) is 22.2 Å². The number of carbonyl (C=O) groups excluding carboxylic acids is 1. The average molecular weight is 375 g/mol. The molecule has 2 aromatic carbocycles. The van der Waals surface area contributed by atoms with Crippen LogP contribution in [0.3, 0.4) is 0 Å². The Morgan fingerprint density at radius 2 is 1.84 bits per heavy atom. The summed E-state index contributed by atoms with van der Waals surface area (Å²) in [6.07, 6.45) is 3.58. The summed E-state index contributed by atoms with van der Waals surface area (Å²) in [5.41, 5.74) is 0.373. The van der Waals surface area contributed by atoms with Crippen LogP contribution >= 0.6 is 11.8 Å². The van der Waals surface area contributed by atoms with Gasteiger partial charge in [-0.15, -0.1) is 11.8 Å². The van der Waals surface area contributed by atoms with Gasteiger partial charge >= 0.3 is 0 Å². The van der Waals surface area contributed by atoms with Crippen LogP contribution in [0.15, 0.2) is 70.6 Å². The van der Waals surface area contributed by atoms with Crippen LogP contribution in [0.1, 0.15) is 10.4 Å². The summed E-state index contributed by atoms with van der Waals surface area (Å²) in [6, 6.07) is 13.7. The van der Waals surface area contributed by atoms with Gasteiger partial charge in [-0.2, -0.15) is 0 Å². The van der Waals surface area contributed by atoms with E-state index in [0.717, 1.165) is 8.87 Å². The largest absolute Gasteiger partial charge is 0.298 e. The number of hydrogen-bond acceptors (Lipinski definition) is 4. The maximum Gasteiger partial charge on any atom is 0.268 e. The van der Waals surface area contributed by atoms with E-state index >= 15 is 0 Å². The summed E-state index contributed by atoms with van der Waals surface area (Å²) in [6.45, 7) is 0. The lowest BCUT2D eigenvalue weighted by Gasteiger charge is -2.12. The van der Waals surface area contributed by atoms with E-state index in [4.69, 9.17) is 0 Å². The highest BCUT2D eigenvalue weighted by Crippen LogP contribution is 2.29. The van der Waals surface area contributed by atoms with Crippen molar-refractivity contribution < 1.29 is 17.6 Å². The lowest BCUT2D eigenvalue weighted by atomic mass is 10.1. The first-order valence-corrected chi connectivity index (χ1v) is 9.96. The molecule has 0 spiro atoms. The summed E-state index contributed by atoms with van der Waals surface area (Å²) >= 11 is 1.42. The van der Waals surface area contributed by atoms with Crippen LogP contribution in [0.5, 0.6) is 0 Å². The van der Waals surface area contributed by atoms with Crippen LogP contribution in [0.4, 0.5) is 4.39 Å². The third kappa shape index (κ3) is 3.25. The number of halogens is 1. The van der Waals surface area contributed by atoms with E-state index in [0.29, 0.717) is 6.29 Å². The third-order valence-electron chi connectivity index (χ3n) is 3.69. The molecule has 0 unspecified atom stereocenters. The van der Waals surface area contributed by atoms with Gasteiger partial charge < -0.3 is 0 Å². The van der Waals surface area contributed by atoms with Crippen molar-refractivity contribution in [3.05, 3.63) is 72.2 Å². The number of hydrogen-bond donors (Lipinski definition) is 0. The molecule has 0 atom stereocenters. The van der Waals surface area contributed by atoms with E-state index in [-0.39, 0.29) is 21.7 Å². The van der Waals surface area contributed by atoms with E-state index in [1.807, 2.05) is 6.26 Å². The zero-order valence-corrected chi connectivity index (χ0v) is 14.9. The summed E-state index contributed by atoms with van der Waals surface area (Å²) < 4.78 is 41.2. The standard InChI is InChI=1S/C18H14FNO3S2/c1-24-14-5-4-6-15(10-14)25(22,23)20-11-13(12-21)9-18(20)16-7-2-3-8-17(16)19/h2-12H,1H3. The highest BCUT2D eigenvalue weighted by atomic mass is 32.2. The number of carbonyl (C=O) groups is 1. The lowest BCUT2D eigenvalue weighted by molar-refractivity contribution is 0.112. The molecule has 7 heteroatoms. The predicted molar refractivity (Wildman–Crippen MR) is 96.0 cm³/mol. The Labute approximate surface area is 149 Å². The van der Waals surface area contributed by atoms with Gasteiger partial charge in [-0.1, -0.05) is 18.2 Å². The molecule has 0 amide bonds. The van der Waals surface area contributed by atoms with Crippen molar-refractivity contribution in [1.29, 1.82) is 0 Å². The molecule has 0 aliphatic rings. The second-order valence-corrected chi connectivity index (χ2v) is 7.93.